The number of piperidine rings is 1. The summed E-state index contributed by atoms with van der Waals surface area (Å²) in [5, 5.41) is 17.7. The molecule has 4 nitrogen and oxygen atoms in total. The van der Waals surface area contributed by atoms with Gasteiger partial charge in [-0.25, -0.2) is 4.39 Å². The SMILES string of the molecule is CCCC1=C(C2=CC[C@H](F)CC2)[C@@H](C)C[C@@H](CN2CCC(NCCC3=C(CI)C[C@H](C(C)O)C(C)N3)CC2)C1. The third-order valence-corrected chi connectivity index (χ3v) is 10.9. The zero-order chi connectivity index (χ0) is 27.9. The number of nitrogens with one attached hydrogen (secondary N) is 2. The van der Waals surface area contributed by atoms with Gasteiger partial charge in [0.25, 0.3) is 0 Å². The molecule has 0 radical (unpaired) electrons. The summed E-state index contributed by atoms with van der Waals surface area (Å²) in [6.07, 6.45) is 13.1. The van der Waals surface area contributed by atoms with Crippen molar-refractivity contribution >= 4 is 22.6 Å². The van der Waals surface area contributed by atoms with Crippen LogP contribution in [0.3, 0.4) is 0 Å². The maximum Gasteiger partial charge on any atom is 0.104 e. The van der Waals surface area contributed by atoms with Crippen molar-refractivity contribution in [2.45, 2.75) is 123 Å². The maximum absolute atomic E-state index is 13.8. The lowest BCUT2D eigenvalue weighted by molar-refractivity contribution is 0.101. The van der Waals surface area contributed by atoms with Gasteiger partial charge in [0.1, 0.15) is 6.17 Å². The molecule has 1 fully saturated rings. The normalized spacial score (nSPS) is 32.3. The van der Waals surface area contributed by atoms with Crippen LogP contribution in [0.5, 0.6) is 0 Å². The predicted octanol–water partition coefficient (Wildman–Crippen LogP) is 7.09. The molecule has 2 aliphatic heterocycles. The molecule has 39 heavy (non-hydrogen) atoms. The molecule has 6 heteroatoms. The molecule has 6 atom stereocenters. The third-order valence-electron chi connectivity index (χ3n) is 9.99. The quantitative estimate of drug-likeness (QED) is 0.164. The van der Waals surface area contributed by atoms with Crippen molar-refractivity contribution in [3.63, 3.8) is 0 Å². The van der Waals surface area contributed by atoms with Gasteiger partial charge in [-0.15, -0.1) is 0 Å². The number of likely N-dealkylation sites (tertiary alicyclic amines) is 1. The number of aliphatic hydroxyl groups excluding tert-OH is 1. The van der Waals surface area contributed by atoms with Gasteiger partial charge in [0.15, 0.2) is 0 Å². The summed E-state index contributed by atoms with van der Waals surface area (Å²) in [4.78, 5) is 2.73. The summed E-state index contributed by atoms with van der Waals surface area (Å²) in [6.45, 7) is 13.6. The van der Waals surface area contributed by atoms with Crippen LogP contribution in [0.4, 0.5) is 4.39 Å². The molecule has 0 aromatic rings. The van der Waals surface area contributed by atoms with Crippen LogP contribution in [0.1, 0.15) is 98.3 Å². The summed E-state index contributed by atoms with van der Waals surface area (Å²) in [5.41, 5.74) is 7.68. The molecule has 2 unspecified atom stereocenters. The molecule has 2 heterocycles. The molecule has 0 saturated carbocycles. The first-order valence-corrected chi connectivity index (χ1v) is 17.5. The Balaban J connectivity index is 1.23. The van der Waals surface area contributed by atoms with E-state index in [-0.39, 0.29) is 6.10 Å². The van der Waals surface area contributed by atoms with E-state index in [1.807, 2.05) is 6.92 Å². The molecule has 4 aliphatic rings. The second-order valence-electron chi connectivity index (χ2n) is 13.1. The van der Waals surface area contributed by atoms with Crippen LogP contribution >= 0.6 is 22.6 Å². The molecule has 2 aliphatic carbocycles. The van der Waals surface area contributed by atoms with Gasteiger partial charge in [-0.2, -0.15) is 0 Å². The lowest BCUT2D eigenvalue weighted by atomic mass is 9.72. The van der Waals surface area contributed by atoms with Crippen molar-refractivity contribution in [2.24, 2.45) is 17.8 Å². The van der Waals surface area contributed by atoms with Crippen molar-refractivity contribution in [3.8, 4) is 0 Å². The molecular weight excluding hydrogens is 600 g/mol. The lowest BCUT2D eigenvalue weighted by Gasteiger charge is -2.39. The topological polar surface area (TPSA) is 47.5 Å². The van der Waals surface area contributed by atoms with Crippen LogP contribution in [0.2, 0.25) is 0 Å². The van der Waals surface area contributed by atoms with E-state index in [1.54, 1.807) is 11.1 Å². The molecule has 0 spiro atoms. The Morgan fingerprint density at radius 2 is 1.92 bits per heavy atom. The highest BCUT2D eigenvalue weighted by atomic mass is 127. The van der Waals surface area contributed by atoms with Crippen molar-refractivity contribution < 1.29 is 9.50 Å². The van der Waals surface area contributed by atoms with E-state index in [0.717, 1.165) is 36.2 Å². The molecule has 1 saturated heterocycles. The standard InChI is InChI=1S/C33H55FIN3O/c1-5-6-27-18-25(17-22(2)33(27)26-7-9-29(34)10-8-26)21-38-15-12-30(13-16-38)36-14-11-32-28(20-35)19-31(24(4)39)23(3)37-32/h7,22-25,29-31,36-37,39H,5-6,8-21H2,1-4H3/t22-,23?,24?,25+,29-,31-/m0/s1. The Hall–Kier alpha value is -0.440. The minimum absolute atomic E-state index is 0.261. The molecule has 222 valence electrons. The Kier molecular flexibility index (Phi) is 12.2. The van der Waals surface area contributed by atoms with Gasteiger partial charge in [0, 0.05) is 41.2 Å². The highest BCUT2D eigenvalue weighted by Gasteiger charge is 2.32. The summed E-state index contributed by atoms with van der Waals surface area (Å²) in [5.74, 6) is 1.69. The molecular formula is C33H55FIN3O. The zero-order valence-electron chi connectivity index (χ0n) is 25.1. The first-order valence-electron chi connectivity index (χ1n) is 16.0. The fourth-order valence-corrected chi connectivity index (χ4v) is 8.67. The van der Waals surface area contributed by atoms with Crippen molar-refractivity contribution in [3.05, 3.63) is 34.1 Å². The largest absolute Gasteiger partial charge is 0.393 e. The second-order valence-corrected chi connectivity index (χ2v) is 13.9. The van der Waals surface area contributed by atoms with Crippen LogP contribution in [0.25, 0.3) is 0 Å². The number of alkyl halides is 2. The first-order chi connectivity index (χ1) is 18.8. The lowest BCUT2D eigenvalue weighted by Crippen LogP contribution is -2.46. The molecule has 0 aromatic carbocycles. The van der Waals surface area contributed by atoms with Crippen LogP contribution in [0.15, 0.2) is 34.1 Å². The van der Waals surface area contributed by atoms with Gasteiger partial charge in [-0.3, -0.25) is 0 Å². The van der Waals surface area contributed by atoms with E-state index >= 15 is 0 Å². The number of rotatable bonds is 11. The Morgan fingerprint density at radius 1 is 1.15 bits per heavy atom. The number of halogens is 2. The van der Waals surface area contributed by atoms with Gasteiger partial charge >= 0.3 is 0 Å². The van der Waals surface area contributed by atoms with Crippen molar-refractivity contribution in [1.29, 1.82) is 0 Å². The van der Waals surface area contributed by atoms with E-state index in [2.05, 4.69) is 65.0 Å². The minimum Gasteiger partial charge on any atom is -0.393 e. The highest BCUT2D eigenvalue weighted by molar-refractivity contribution is 14.1. The highest BCUT2D eigenvalue weighted by Crippen LogP contribution is 2.42. The minimum atomic E-state index is -0.630. The number of hydrogen-bond donors (Lipinski definition) is 3. The Labute approximate surface area is 251 Å². The van der Waals surface area contributed by atoms with E-state index < -0.39 is 6.17 Å². The monoisotopic (exact) mass is 655 g/mol. The van der Waals surface area contributed by atoms with Gasteiger partial charge < -0.3 is 20.6 Å². The number of aliphatic hydroxyl groups is 1. The predicted molar refractivity (Wildman–Crippen MR) is 171 cm³/mol. The van der Waals surface area contributed by atoms with Gasteiger partial charge in [0.2, 0.25) is 0 Å². The van der Waals surface area contributed by atoms with E-state index in [9.17, 15) is 9.50 Å². The fourth-order valence-electron chi connectivity index (χ4n) is 7.90. The second kappa shape index (κ2) is 15.2. The van der Waals surface area contributed by atoms with Gasteiger partial charge in [0.05, 0.1) is 6.10 Å². The maximum atomic E-state index is 13.8. The fraction of sp³-hybridized carbons (Fsp3) is 0.818. The van der Waals surface area contributed by atoms with Crippen LogP contribution in [-0.2, 0) is 0 Å². The van der Waals surface area contributed by atoms with E-state index in [4.69, 9.17) is 0 Å². The Bertz CT molecular complexity index is 891. The van der Waals surface area contributed by atoms with Crippen molar-refractivity contribution in [2.75, 3.05) is 30.6 Å². The number of nitrogens with zero attached hydrogens (tertiary/aromatic N) is 1. The van der Waals surface area contributed by atoms with E-state index in [0.29, 0.717) is 36.8 Å². The zero-order valence-corrected chi connectivity index (χ0v) is 27.2. The molecule has 0 aromatic heterocycles. The average molecular weight is 656 g/mol. The smallest absolute Gasteiger partial charge is 0.104 e. The van der Waals surface area contributed by atoms with Gasteiger partial charge in [-0.1, -0.05) is 54.5 Å². The number of allylic oxidation sites excluding steroid dienone is 5. The number of hydrogen-bond acceptors (Lipinski definition) is 4. The van der Waals surface area contributed by atoms with Gasteiger partial charge in [-0.05, 0) is 120 Å². The summed E-state index contributed by atoms with van der Waals surface area (Å²) < 4.78 is 14.8. The molecule has 0 amide bonds. The first kappa shape index (κ1) is 31.5. The van der Waals surface area contributed by atoms with E-state index in [1.165, 1.54) is 75.0 Å². The summed E-state index contributed by atoms with van der Waals surface area (Å²) >= 11 is 2.48. The van der Waals surface area contributed by atoms with Crippen LogP contribution in [-0.4, -0.2) is 65.0 Å². The molecule has 3 N–H and O–H groups in total. The average Bonchev–Trinajstić information content (AvgIpc) is 2.90. The Morgan fingerprint density at radius 3 is 2.56 bits per heavy atom. The van der Waals surface area contributed by atoms with Crippen molar-refractivity contribution in [1.82, 2.24) is 15.5 Å². The van der Waals surface area contributed by atoms with Crippen LogP contribution < -0.4 is 10.6 Å². The summed E-state index contributed by atoms with van der Waals surface area (Å²) in [6, 6.07) is 0.962. The third kappa shape index (κ3) is 8.54. The molecule has 0 bridgehead atoms. The molecule has 4 rings (SSSR count). The summed E-state index contributed by atoms with van der Waals surface area (Å²) in [7, 11) is 0. The van der Waals surface area contributed by atoms with Crippen LogP contribution in [0, 0.1) is 17.8 Å².